The fourth-order valence-corrected chi connectivity index (χ4v) is 2.85. The van der Waals surface area contributed by atoms with Crippen LogP contribution in [-0.4, -0.2) is 16.0 Å². The summed E-state index contributed by atoms with van der Waals surface area (Å²) in [5.41, 5.74) is 1.84. The van der Waals surface area contributed by atoms with Crippen LogP contribution in [-0.2, 0) is 0 Å². The molecule has 2 N–H and O–H groups in total. The average molecular weight is 311 g/mol. The van der Waals surface area contributed by atoms with E-state index in [0.717, 1.165) is 11.3 Å². The lowest BCUT2D eigenvalue weighted by Crippen LogP contribution is -2.28. The minimum Gasteiger partial charge on any atom is -0.361 e. The van der Waals surface area contributed by atoms with Crippen LogP contribution >= 0.6 is 0 Å². The Morgan fingerprint density at radius 2 is 1.96 bits per heavy atom. The first kappa shape index (κ1) is 15.0. The molecule has 0 saturated heterocycles. The van der Waals surface area contributed by atoms with E-state index < -0.39 is 0 Å². The van der Waals surface area contributed by atoms with Gasteiger partial charge in [-0.05, 0) is 26.8 Å². The lowest BCUT2D eigenvalue weighted by atomic mass is 10.0. The van der Waals surface area contributed by atoms with Gasteiger partial charge in [0.05, 0.1) is 17.3 Å². The second-order valence-corrected chi connectivity index (χ2v) is 5.51. The molecule has 3 aromatic rings. The van der Waals surface area contributed by atoms with E-state index in [1.165, 1.54) is 6.20 Å². The van der Waals surface area contributed by atoms with Gasteiger partial charge < -0.3 is 14.8 Å². The van der Waals surface area contributed by atoms with E-state index in [-0.39, 0.29) is 17.5 Å². The number of H-pyrrole nitrogens is 1. The SMILES string of the molecule is Cc1noc(C)c1[C@H](C)NC(=O)c1c[nH]c(=O)c2ccccc12. The van der Waals surface area contributed by atoms with Gasteiger partial charge in [-0.15, -0.1) is 0 Å². The number of benzene rings is 1. The molecule has 23 heavy (non-hydrogen) atoms. The Morgan fingerprint density at radius 1 is 1.26 bits per heavy atom. The highest BCUT2D eigenvalue weighted by Gasteiger charge is 2.20. The highest BCUT2D eigenvalue weighted by Crippen LogP contribution is 2.22. The predicted octanol–water partition coefficient (Wildman–Crippen LogP) is 2.62. The van der Waals surface area contributed by atoms with E-state index >= 15 is 0 Å². The molecule has 0 unspecified atom stereocenters. The normalized spacial score (nSPS) is 12.3. The van der Waals surface area contributed by atoms with Gasteiger partial charge in [-0.25, -0.2) is 0 Å². The van der Waals surface area contributed by atoms with Crippen LogP contribution in [0.5, 0.6) is 0 Å². The predicted molar refractivity (Wildman–Crippen MR) is 86.4 cm³/mol. The number of hydrogen-bond acceptors (Lipinski definition) is 4. The molecular formula is C17H17N3O3. The van der Waals surface area contributed by atoms with Crippen LogP contribution < -0.4 is 10.9 Å². The summed E-state index contributed by atoms with van der Waals surface area (Å²) < 4.78 is 5.14. The monoisotopic (exact) mass is 311 g/mol. The third kappa shape index (κ3) is 2.63. The molecule has 1 amide bonds. The van der Waals surface area contributed by atoms with Gasteiger partial charge in [0.25, 0.3) is 11.5 Å². The summed E-state index contributed by atoms with van der Waals surface area (Å²) in [5.74, 6) is 0.423. The number of nitrogens with zero attached hydrogens (tertiary/aromatic N) is 1. The summed E-state index contributed by atoms with van der Waals surface area (Å²) in [6, 6.07) is 6.78. The number of fused-ring (bicyclic) bond motifs is 1. The van der Waals surface area contributed by atoms with E-state index in [0.29, 0.717) is 22.1 Å². The third-order valence-corrected chi connectivity index (χ3v) is 3.92. The van der Waals surface area contributed by atoms with Crippen molar-refractivity contribution in [3.8, 4) is 0 Å². The van der Waals surface area contributed by atoms with E-state index in [2.05, 4.69) is 15.5 Å². The number of aromatic amines is 1. The molecule has 6 heteroatoms. The first-order chi connectivity index (χ1) is 11.0. The first-order valence-electron chi connectivity index (χ1n) is 7.33. The van der Waals surface area contributed by atoms with Crippen LogP contribution in [0.25, 0.3) is 10.8 Å². The summed E-state index contributed by atoms with van der Waals surface area (Å²) in [6.07, 6.45) is 1.44. The summed E-state index contributed by atoms with van der Waals surface area (Å²) >= 11 is 0. The number of aryl methyl sites for hydroxylation is 2. The number of hydrogen-bond donors (Lipinski definition) is 2. The molecule has 0 fully saturated rings. The maximum Gasteiger partial charge on any atom is 0.255 e. The van der Waals surface area contributed by atoms with Crippen molar-refractivity contribution in [1.29, 1.82) is 0 Å². The van der Waals surface area contributed by atoms with Crippen molar-refractivity contribution >= 4 is 16.7 Å². The number of aromatic nitrogens is 2. The molecule has 0 saturated carbocycles. The van der Waals surface area contributed by atoms with E-state index in [9.17, 15) is 9.59 Å². The van der Waals surface area contributed by atoms with Crippen LogP contribution in [0.1, 0.15) is 40.3 Å². The topological polar surface area (TPSA) is 88.0 Å². The van der Waals surface area contributed by atoms with Gasteiger partial charge >= 0.3 is 0 Å². The molecule has 0 aliphatic heterocycles. The van der Waals surface area contributed by atoms with Gasteiger partial charge in [-0.3, -0.25) is 9.59 Å². The Morgan fingerprint density at radius 3 is 2.61 bits per heavy atom. The van der Waals surface area contributed by atoms with Crippen molar-refractivity contribution in [3.05, 3.63) is 63.4 Å². The lowest BCUT2D eigenvalue weighted by Gasteiger charge is -2.14. The first-order valence-corrected chi connectivity index (χ1v) is 7.33. The molecule has 118 valence electrons. The van der Waals surface area contributed by atoms with Crippen molar-refractivity contribution < 1.29 is 9.32 Å². The molecule has 2 aromatic heterocycles. The molecule has 6 nitrogen and oxygen atoms in total. The standard InChI is InChI=1S/C17H17N3O3/c1-9(15-10(2)20-23-11(15)3)19-17(22)14-8-18-16(21)13-7-5-4-6-12(13)14/h4-9H,1-3H3,(H,18,21)(H,19,22)/t9-/m0/s1. The van der Waals surface area contributed by atoms with Gasteiger partial charge in [-0.2, -0.15) is 0 Å². The zero-order valence-electron chi connectivity index (χ0n) is 13.1. The molecule has 1 atom stereocenters. The maximum absolute atomic E-state index is 12.6. The lowest BCUT2D eigenvalue weighted by molar-refractivity contribution is 0.0941. The Bertz CT molecular complexity index is 920. The Kier molecular flexibility index (Phi) is 3.73. The fraction of sp³-hybridized carbons (Fsp3) is 0.235. The van der Waals surface area contributed by atoms with Crippen LogP contribution in [0.4, 0.5) is 0 Å². The molecular weight excluding hydrogens is 294 g/mol. The smallest absolute Gasteiger partial charge is 0.255 e. The quantitative estimate of drug-likeness (QED) is 0.778. The Hall–Kier alpha value is -2.89. The molecule has 0 spiro atoms. The number of pyridine rings is 1. The minimum absolute atomic E-state index is 0.212. The van der Waals surface area contributed by atoms with Gasteiger partial charge in [0.15, 0.2) is 0 Å². The largest absolute Gasteiger partial charge is 0.361 e. The van der Waals surface area contributed by atoms with Crippen LogP contribution in [0.3, 0.4) is 0 Å². The Balaban J connectivity index is 1.96. The van der Waals surface area contributed by atoms with Gasteiger partial charge in [0.1, 0.15) is 5.76 Å². The summed E-state index contributed by atoms with van der Waals surface area (Å²) in [6.45, 7) is 5.52. The molecule has 3 rings (SSSR count). The molecule has 0 bridgehead atoms. The number of carbonyl (C=O) groups is 1. The van der Waals surface area contributed by atoms with Gasteiger partial charge in [0, 0.05) is 22.5 Å². The molecule has 2 heterocycles. The molecule has 0 aliphatic rings. The number of carbonyl (C=O) groups excluding carboxylic acids is 1. The third-order valence-electron chi connectivity index (χ3n) is 3.92. The zero-order chi connectivity index (χ0) is 16.6. The van der Waals surface area contributed by atoms with Crippen LogP contribution in [0.15, 0.2) is 39.8 Å². The van der Waals surface area contributed by atoms with Crippen molar-refractivity contribution in [2.24, 2.45) is 0 Å². The number of amides is 1. The van der Waals surface area contributed by atoms with E-state index in [4.69, 9.17) is 4.52 Å². The van der Waals surface area contributed by atoms with Crippen LogP contribution in [0.2, 0.25) is 0 Å². The summed E-state index contributed by atoms with van der Waals surface area (Å²) in [4.78, 5) is 27.1. The maximum atomic E-state index is 12.6. The average Bonchev–Trinajstić information content (AvgIpc) is 2.86. The molecule has 1 aromatic carbocycles. The van der Waals surface area contributed by atoms with Crippen LogP contribution in [0, 0.1) is 13.8 Å². The highest BCUT2D eigenvalue weighted by atomic mass is 16.5. The second-order valence-electron chi connectivity index (χ2n) is 5.51. The summed E-state index contributed by atoms with van der Waals surface area (Å²) in [7, 11) is 0. The van der Waals surface area contributed by atoms with E-state index in [1.807, 2.05) is 20.8 Å². The fourth-order valence-electron chi connectivity index (χ4n) is 2.85. The molecule has 0 aliphatic carbocycles. The second kappa shape index (κ2) is 5.72. The highest BCUT2D eigenvalue weighted by molar-refractivity contribution is 6.06. The molecule has 0 radical (unpaired) electrons. The Labute approximate surface area is 132 Å². The van der Waals surface area contributed by atoms with Crippen molar-refractivity contribution in [2.75, 3.05) is 0 Å². The number of rotatable bonds is 3. The van der Waals surface area contributed by atoms with Crippen molar-refractivity contribution in [2.45, 2.75) is 26.8 Å². The van der Waals surface area contributed by atoms with Gasteiger partial charge in [0.2, 0.25) is 0 Å². The van der Waals surface area contributed by atoms with E-state index in [1.54, 1.807) is 24.3 Å². The number of nitrogens with one attached hydrogen (secondary N) is 2. The minimum atomic E-state index is -0.259. The van der Waals surface area contributed by atoms with Gasteiger partial charge in [-0.1, -0.05) is 23.4 Å². The van der Waals surface area contributed by atoms with Crippen molar-refractivity contribution in [1.82, 2.24) is 15.5 Å². The van der Waals surface area contributed by atoms with Crippen molar-refractivity contribution in [3.63, 3.8) is 0 Å². The zero-order valence-corrected chi connectivity index (χ0v) is 13.1. The summed E-state index contributed by atoms with van der Waals surface area (Å²) in [5, 5.41) is 7.95.